The van der Waals surface area contributed by atoms with Crippen LogP contribution in [0.2, 0.25) is 0 Å². The number of amides is 1. The predicted molar refractivity (Wildman–Crippen MR) is 122 cm³/mol. The highest BCUT2D eigenvalue weighted by atomic mass is 16.5. The smallest absolute Gasteiger partial charge is 0.262 e. The quantitative estimate of drug-likeness (QED) is 0.510. The average Bonchev–Trinajstić information content (AvgIpc) is 2.79. The first-order chi connectivity index (χ1) is 15.5. The number of hydrogen-bond acceptors (Lipinski definition) is 7. The molecule has 8 heteroatoms. The second-order valence-corrected chi connectivity index (χ2v) is 7.75. The highest BCUT2D eigenvalue weighted by Crippen LogP contribution is 2.34. The first kappa shape index (κ1) is 21.6. The Balaban J connectivity index is 1.64. The SMILES string of the molecule is COCCNc1ncc(C)c(-c2ccc3c(c2)CCCN3C(=O)c2ccc(O)cc2O)n1. The Morgan fingerprint density at radius 3 is 2.84 bits per heavy atom. The summed E-state index contributed by atoms with van der Waals surface area (Å²) in [6.45, 7) is 3.71. The minimum absolute atomic E-state index is 0.0842. The van der Waals surface area contributed by atoms with Crippen molar-refractivity contribution in [3.05, 3.63) is 59.3 Å². The number of anilines is 2. The van der Waals surface area contributed by atoms with Crippen molar-refractivity contribution in [1.29, 1.82) is 0 Å². The normalized spacial score (nSPS) is 13.0. The van der Waals surface area contributed by atoms with E-state index < -0.39 is 0 Å². The molecule has 0 atom stereocenters. The van der Waals surface area contributed by atoms with Gasteiger partial charge in [-0.3, -0.25) is 4.79 Å². The van der Waals surface area contributed by atoms with Gasteiger partial charge >= 0.3 is 0 Å². The topological polar surface area (TPSA) is 108 Å². The Morgan fingerprint density at radius 1 is 1.22 bits per heavy atom. The molecule has 0 radical (unpaired) electrons. The second kappa shape index (κ2) is 9.23. The Morgan fingerprint density at radius 2 is 2.06 bits per heavy atom. The third-order valence-corrected chi connectivity index (χ3v) is 5.49. The molecule has 8 nitrogen and oxygen atoms in total. The van der Waals surface area contributed by atoms with Gasteiger partial charge in [0.2, 0.25) is 5.95 Å². The van der Waals surface area contributed by atoms with E-state index in [0.29, 0.717) is 25.6 Å². The number of hydrogen-bond donors (Lipinski definition) is 3. The number of fused-ring (bicyclic) bond motifs is 1. The summed E-state index contributed by atoms with van der Waals surface area (Å²) in [5, 5.41) is 22.8. The summed E-state index contributed by atoms with van der Waals surface area (Å²) in [6.07, 6.45) is 3.45. The van der Waals surface area contributed by atoms with Crippen molar-refractivity contribution < 1.29 is 19.7 Å². The van der Waals surface area contributed by atoms with Crippen molar-refractivity contribution in [3.8, 4) is 22.8 Å². The minimum atomic E-state index is -0.293. The summed E-state index contributed by atoms with van der Waals surface area (Å²) in [5.41, 5.74) is 4.79. The highest BCUT2D eigenvalue weighted by molar-refractivity contribution is 6.08. The van der Waals surface area contributed by atoms with E-state index >= 15 is 0 Å². The van der Waals surface area contributed by atoms with E-state index in [1.165, 1.54) is 18.2 Å². The van der Waals surface area contributed by atoms with Crippen LogP contribution in [0.25, 0.3) is 11.3 Å². The van der Waals surface area contributed by atoms with Crippen molar-refractivity contribution in [2.24, 2.45) is 0 Å². The van der Waals surface area contributed by atoms with Crippen LogP contribution in [0, 0.1) is 6.92 Å². The number of rotatable bonds is 6. The lowest BCUT2D eigenvalue weighted by Crippen LogP contribution is -2.35. The van der Waals surface area contributed by atoms with Gasteiger partial charge in [0.05, 0.1) is 17.9 Å². The molecule has 0 saturated heterocycles. The maximum absolute atomic E-state index is 13.1. The van der Waals surface area contributed by atoms with Crippen molar-refractivity contribution in [1.82, 2.24) is 9.97 Å². The van der Waals surface area contributed by atoms with Crippen LogP contribution in [0.5, 0.6) is 11.5 Å². The van der Waals surface area contributed by atoms with Gasteiger partial charge < -0.3 is 25.2 Å². The number of phenols is 2. The molecule has 2 aromatic carbocycles. The zero-order valence-electron chi connectivity index (χ0n) is 18.1. The zero-order chi connectivity index (χ0) is 22.7. The fraction of sp³-hybridized carbons (Fsp3) is 0.292. The van der Waals surface area contributed by atoms with E-state index in [1.54, 1.807) is 18.2 Å². The highest BCUT2D eigenvalue weighted by Gasteiger charge is 2.26. The standard InChI is InChI=1S/C24H26N4O4/c1-15-14-26-24(25-9-11-32-2)27-22(15)17-5-8-20-16(12-17)4-3-10-28(20)23(31)19-7-6-18(29)13-21(19)30/h5-8,12-14,29-30H,3-4,9-11H2,1-2H3,(H,25,26,27). The third kappa shape index (κ3) is 4.36. The summed E-state index contributed by atoms with van der Waals surface area (Å²) in [4.78, 5) is 23.8. The molecule has 0 saturated carbocycles. The number of ether oxygens (including phenoxy) is 1. The summed E-state index contributed by atoms with van der Waals surface area (Å²) in [7, 11) is 1.65. The van der Waals surface area contributed by atoms with E-state index in [2.05, 4.69) is 21.4 Å². The number of aromatic nitrogens is 2. The number of aryl methyl sites for hydroxylation is 2. The summed E-state index contributed by atoms with van der Waals surface area (Å²) in [5.74, 6) is -0.0677. The number of carbonyl (C=O) groups is 1. The van der Waals surface area contributed by atoms with Crippen LogP contribution in [-0.2, 0) is 11.2 Å². The molecule has 166 valence electrons. The van der Waals surface area contributed by atoms with E-state index in [9.17, 15) is 15.0 Å². The van der Waals surface area contributed by atoms with Crippen molar-refractivity contribution in [3.63, 3.8) is 0 Å². The fourth-order valence-electron chi connectivity index (χ4n) is 3.89. The van der Waals surface area contributed by atoms with E-state index in [-0.39, 0.29) is 23.0 Å². The van der Waals surface area contributed by atoms with Crippen LogP contribution in [0.1, 0.15) is 27.9 Å². The number of benzene rings is 2. The maximum atomic E-state index is 13.1. The van der Waals surface area contributed by atoms with E-state index in [1.807, 2.05) is 19.1 Å². The fourth-order valence-corrected chi connectivity index (χ4v) is 3.89. The van der Waals surface area contributed by atoms with Crippen molar-refractivity contribution in [2.45, 2.75) is 19.8 Å². The summed E-state index contributed by atoms with van der Waals surface area (Å²) in [6, 6.07) is 9.97. The minimum Gasteiger partial charge on any atom is -0.508 e. The molecule has 0 bridgehead atoms. The molecule has 4 rings (SSSR count). The lowest BCUT2D eigenvalue weighted by molar-refractivity contribution is 0.0982. The molecule has 0 unspecified atom stereocenters. The van der Waals surface area contributed by atoms with Crippen LogP contribution in [0.3, 0.4) is 0 Å². The number of carbonyl (C=O) groups excluding carboxylic acids is 1. The maximum Gasteiger partial charge on any atom is 0.262 e. The Hall–Kier alpha value is -3.65. The van der Waals surface area contributed by atoms with Gasteiger partial charge in [-0.25, -0.2) is 9.97 Å². The number of phenolic OH excluding ortho intramolecular Hbond substituents is 2. The van der Waals surface area contributed by atoms with Crippen LogP contribution < -0.4 is 10.2 Å². The van der Waals surface area contributed by atoms with Crippen molar-refractivity contribution in [2.75, 3.05) is 37.0 Å². The Bertz CT molecular complexity index is 1150. The number of nitrogens with one attached hydrogen (secondary N) is 1. The predicted octanol–water partition coefficient (Wildman–Crippen LogP) is 3.51. The van der Waals surface area contributed by atoms with Gasteiger partial charge in [-0.05, 0) is 55.2 Å². The van der Waals surface area contributed by atoms with Gasteiger partial charge in [-0.2, -0.15) is 0 Å². The van der Waals surface area contributed by atoms with Gasteiger partial charge in [-0.15, -0.1) is 0 Å². The van der Waals surface area contributed by atoms with Gasteiger partial charge in [0.25, 0.3) is 5.91 Å². The molecular weight excluding hydrogens is 408 g/mol. The molecule has 3 aromatic rings. The molecule has 0 fully saturated rings. The number of nitrogens with zero attached hydrogens (tertiary/aromatic N) is 3. The van der Waals surface area contributed by atoms with E-state index in [4.69, 9.17) is 4.74 Å². The third-order valence-electron chi connectivity index (χ3n) is 5.49. The van der Waals surface area contributed by atoms with Crippen LogP contribution >= 0.6 is 0 Å². The molecule has 2 heterocycles. The van der Waals surface area contributed by atoms with Gasteiger partial charge in [-0.1, -0.05) is 6.07 Å². The Kier molecular flexibility index (Phi) is 6.23. The number of methoxy groups -OCH3 is 1. The van der Waals surface area contributed by atoms with Crippen LogP contribution in [0.15, 0.2) is 42.6 Å². The molecule has 1 aliphatic rings. The monoisotopic (exact) mass is 434 g/mol. The molecule has 3 N–H and O–H groups in total. The van der Waals surface area contributed by atoms with Crippen LogP contribution in [-0.4, -0.2) is 52.9 Å². The summed E-state index contributed by atoms with van der Waals surface area (Å²) >= 11 is 0. The van der Waals surface area contributed by atoms with Crippen LogP contribution in [0.4, 0.5) is 11.6 Å². The molecular formula is C24H26N4O4. The largest absolute Gasteiger partial charge is 0.508 e. The van der Waals surface area contributed by atoms with E-state index in [0.717, 1.165) is 40.9 Å². The summed E-state index contributed by atoms with van der Waals surface area (Å²) < 4.78 is 5.06. The first-order valence-electron chi connectivity index (χ1n) is 10.5. The van der Waals surface area contributed by atoms with Gasteiger partial charge in [0, 0.05) is 43.7 Å². The number of aromatic hydroxyl groups is 2. The van der Waals surface area contributed by atoms with Gasteiger partial charge in [0.15, 0.2) is 0 Å². The second-order valence-electron chi connectivity index (χ2n) is 7.75. The molecule has 32 heavy (non-hydrogen) atoms. The lowest BCUT2D eigenvalue weighted by atomic mass is 9.96. The molecule has 0 spiro atoms. The first-order valence-corrected chi connectivity index (χ1v) is 10.5. The molecule has 1 aromatic heterocycles. The Labute approximate surface area is 186 Å². The lowest BCUT2D eigenvalue weighted by Gasteiger charge is -2.30. The molecule has 1 aliphatic heterocycles. The zero-order valence-corrected chi connectivity index (χ0v) is 18.1. The molecule has 0 aliphatic carbocycles. The molecule has 1 amide bonds. The van der Waals surface area contributed by atoms with Gasteiger partial charge in [0.1, 0.15) is 11.5 Å². The average molecular weight is 434 g/mol. The van der Waals surface area contributed by atoms with Crippen molar-refractivity contribution >= 4 is 17.5 Å².